The molecule has 3 nitrogen and oxygen atoms in total. The highest BCUT2D eigenvalue weighted by Gasteiger charge is 2.16. The third kappa shape index (κ3) is 3.01. The zero-order valence-corrected chi connectivity index (χ0v) is 11.3. The van der Waals surface area contributed by atoms with Crippen LogP contribution in [0.2, 0.25) is 0 Å². The van der Waals surface area contributed by atoms with E-state index in [1.165, 1.54) is 0 Å². The summed E-state index contributed by atoms with van der Waals surface area (Å²) in [6.07, 6.45) is 0. The number of rotatable bonds is 3. The van der Waals surface area contributed by atoms with Gasteiger partial charge in [0.05, 0.1) is 22.3 Å². The highest BCUT2D eigenvalue weighted by atomic mass is 32.2. The Labute approximate surface area is 113 Å². The lowest BCUT2D eigenvalue weighted by Gasteiger charge is -2.07. The second kappa shape index (κ2) is 5.25. The van der Waals surface area contributed by atoms with E-state index < -0.39 is 9.84 Å². The Morgan fingerprint density at radius 3 is 2.37 bits per heavy atom. The van der Waals surface area contributed by atoms with Crippen LogP contribution in [0.5, 0.6) is 0 Å². The smallest absolute Gasteiger partial charge is 0.182 e. The molecule has 0 unspecified atom stereocenters. The molecule has 0 heterocycles. The summed E-state index contributed by atoms with van der Waals surface area (Å²) in [6, 6.07) is 15.5. The molecular formula is C15H13NO2S. The van der Waals surface area contributed by atoms with E-state index in [-0.39, 0.29) is 5.75 Å². The van der Waals surface area contributed by atoms with Crippen molar-refractivity contribution in [3.8, 4) is 6.07 Å². The van der Waals surface area contributed by atoms with Crippen LogP contribution in [0.15, 0.2) is 53.4 Å². The van der Waals surface area contributed by atoms with Crippen LogP contribution in [0.3, 0.4) is 0 Å². The van der Waals surface area contributed by atoms with Crippen LogP contribution in [0.1, 0.15) is 16.7 Å². The van der Waals surface area contributed by atoms with Crippen molar-refractivity contribution in [1.29, 1.82) is 5.26 Å². The lowest BCUT2D eigenvalue weighted by Crippen LogP contribution is -2.06. The zero-order chi connectivity index (χ0) is 13.9. The Kier molecular flexibility index (Phi) is 3.68. The molecule has 2 aromatic carbocycles. The van der Waals surface area contributed by atoms with Crippen LogP contribution in [0.25, 0.3) is 0 Å². The summed E-state index contributed by atoms with van der Waals surface area (Å²) in [6.45, 7) is 1.82. The molecule has 2 aromatic rings. The Morgan fingerprint density at radius 1 is 1.11 bits per heavy atom. The molecular weight excluding hydrogens is 258 g/mol. The van der Waals surface area contributed by atoms with E-state index in [0.717, 1.165) is 11.1 Å². The number of sulfone groups is 1. The van der Waals surface area contributed by atoms with Gasteiger partial charge in [0.1, 0.15) is 0 Å². The van der Waals surface area contributed by atoms with Gasteiger partial charge in [-0.3, -0.25) is 0 Å². The molecule has 0 saturated heterocycles. The lowest BCUT2D eigenvalue weighted by atomic mass is 10.1. The van der Waals surface area contributed by atoms with Gasteiger partial charge >= 0.3 is 0 Å². The van der Waals surface area contributed by atoms with Crippen LogP contribution in [-0.4, -0.2) is 8.42 Å². The van der Waals surface area contributed by atoms with Crippen LogP contribution >= 0.6 is 0 Å². The first kappa shape index (κ1) is 13.3. The van der Waals surface area contributed by atoms with E-state index in [2.05, 4.69) is 0 Å². The average molecular weight is 271 g/mol. The van der Waals surface area contributed by atoms with Gasteiger partial charge in [-0.15, -0.1) is 0 Å². The molecule has 0 saturated carbocycles. The van der Waals surface area contributed by atoms with Crippen molar-refractivity contribution in [3.05, 3.63) is 65.2 Å². The normalized spacial score (nSPS) is 10.9. The summed E-state index contributed by atoms with van der Waals surface area (Å²) in [5.41, 5.74) is 2.08. The molecule has 0 aliphatic rings. The summed E-state index contributed by atoms with van der Waals surface area (Å²) >= 11 is 0. The summed E-state index contributed by atoms with van der Waals surface area (Å²) in [7, 11) is -3.34. The van der Waals surface area contributed by atoms with Gasteiger partial charge in [0.25, 0.3) is 0 Å². The molecule has 2 rings (SSSR count). The fourth-order valence-corrected chi connectivity index (χ4v) is 3.32. The quantitative estimate of drug-likeness (QED) is 0.862. The molecule has 96 valence electrons. The van der Waals surface area contributed by atoms with Crippen LogP contribution in [0.4, 0.5) is 0 Å². The van der Waals surface area contributed by atoms with Gasteiger partial charge in [-0.25, -0.2) is 8.42 Å². The third-order valence-corrected chi connectivity index (χ3v) is 4.60. The Balaban J connectivity index is 2.34. The molecule has 0 aromatic heterocycles. The molecule has 0 aliphatic heterocycles. The Morgan fingerprint density at radius 2 is 1.79 bits per heavy atom. The predicted molar refractivity (Wildman–Crippen MR) is 73.2 cm³/mol. The third-order valence-electron chi connectivity index (χ3n) is 2.92. The number of nitrogens with zero attached hydrogens (tertiary/aromatic N) is 1. The topological polar surface area (TPSA) is 57.9 Å². The van der Waals surface area contributed by atoms with E-state index in [0.29, 0.717) is 10.5 Å². The van der Waals surface area contributed by atoms with Crippen molar-refractivity contribution in [2.45, 2.75) is 17.6 Å². The summed E-state index contributed by atoms with van der Waals surface area (Å²) in [5.74, 6) is -0.0471. The minimum absolute atomic E-state index is 0.0471. The van der Waals surface area contributed by atoms with Gasteiger partial charge in [0.15, 0.2) is 9.84 Å². The van der Waals surface area contributed by atoms with Gasteiger partial charge in [0, 0.05) is 0 Å². The first-order chi connectivity index (χ1) is 9.03. The van der Waals surface area contributed by atoms with Gasteiger partial charge in [0.2, 0.25) is 0 Å². The second-order valence-electron chi connectivity index (χ2n) is 4.33. The van der Waals surface area contributed by atoms with Crippen molar-refractivity contribution in [3.63, 3.8) is 0 Å². The van der Waals surface area contributed by atoms with Crippen molar-refractivity contribution >= 4 is 9.84 Å². The molecule has 0 amide bonds. The van der Waals surface area contributed by atoms with Crippen molar-refractivity contribution in [2.75, 3.05) is 0 Å². The van der Waals surface area contributed by atoms with Crippen molar-refractivity contribution in [1.82, 2.24) is 0 Å². The maximum absolute atomic E-state index is 12.2. The number of hydrogen-bond donors (Lipinski definition) is 0. The van der Waals surface area contributed by atoms with Gasteiger partial charge in [-0.1, -0.05) is 24.3 Å². The molecule has 0 aliphatic carbocycles. The van der Waals surface area contributed by atoms with Crippen LogP contribution < -0.4 is 0 Å². The Bertz CT molecular complexity index is 728. The first-order valence-corrected chi connectivity index (χ1v) is 7.45. The van der Waals surface area contributed by atoms with E-state index in [4.69, 9.17) is 5.26 Å². The second-order valence-corrected chi connectivity index (χ2v) is 6.31. The highest BCUT2D eigenvalue weighted by Crippen LogP contribution is 2.19. The zero-order valence-electron chi connectivity index (χ0n) is 10.5. The van der Waals surface area contributed by atoms with Crippen molar-refractivity contribution in [2.24, 2.45) is 0 Å². The number of hydrogen-bond acceptors (Lipinski definition) is 3. The van der Waals surface area contributed by atoms with Gasteiger partial charge < -0.3 is 0 Å². The molecule has 0 atom stereocenters. The fourth-order valence-electron chi connectivity index (χ4n) is 1.84. The Hall–Kier alpha value is -2.12. The maximum Gasteiger partial charge on any atom is 0.182 e. The fraction of sp³-hybridized carbons (Fsp3) is 0.133. The van der Waals surface area contributed by atoms with Crippen LogP contribution in [-0.2, 0) is 15.6 Å². The van der Waals surface area contributed by atoms with Crippen LogP contribution in [0, 0.1) is 18.3 Å². The average Bonchev–Trinajstić information content (AvgIpc) is 2.42. The minimum Gasteiger partial charge on any atom is -0.223 e. The summed E-state index contributed by atoms with van der Waals surface area (Å²) < 4.78 is 24.5. The SMILES string of the molecule is Cc1cc(C#N)ccc1CS(=O)(=O)c1ccccc1. The standard InChI is InChI=1S/C15H13NO2S/c1-12-9-13(10-16)7-8-14(12)11-19(17,18)15-5-3-2-4-6-15/h2-9H,11H2,1H3. The number of aryl methyl sites for hydroxylation is 1. The molecule has 0 fully saturated rings. The summed E-state index contributed by atoms with van der Waals surface area (Å²) in [4.78, 5) is 0.318. The van der Waals surface area contributed by atoms with Gasteiger partial charge in [-0.2, -0.15) is 5.26 Å². The van der Waals surface area contributed by atoms with Gasteiger partial charge in [-0.05, 0) is 42.3 Å². The lowest BCUT2D eigenvalue weighted by molar-refractivity contribution is 0.595. The summed E-state index contributed by atoms with van der Waals surface area (Å²) in [5, 5.41) is 8.80. The van der Waals surface area contributed by atoms with Crippen molar-refractivity contribution < 1.29 is 8.42 Å². The monoisotopic (exact) mass is 271 g/mol. The molecule has 4 heteroatoms. The molecule has 0 N–H and O–H groups in total. The van der Waals surface area contributed by atoms with E-state index >= 15 is 0 Å². The molecule has 0 radical (unpaired) electrons. The van der Waals surface area contributed by atoms with E-state index in [1.54, 1.807) is 48.5 Å². The predicted octanol–water partition coefficient (Wildman–Crippen LogP) is 2.84. The maximum atomic E-state index is 12.2. The minimum atomic E-state index is -3.34. The number of nitriles is 1. The largest absolute Gasteiger partial charge is 0.223 e. The first-order valence-electron chi connectivity index (χ1n) is 5.80. The molecule has 19 heavy (non-hydrogen) atoms. The van der Waals surface area contributed by atoms with E-state index in [9.17, 15) is 8.42 Å². The number of benzene rings is 2. The van der Waals surface area contributed by atoms with E-state index in [1.807, 2.05) is 13.0 Å². The highest BCUT2D eigenvalue weighted by molar-refractivity contribution is 7.90. The molecule has 0 spiro atoms. The molecule has 0 bridgehead atoms.